The van der Waals surface area contributed by atoms with Crippen LogP contribution in [0.4, 0.5) is 0 Å². The van der Waals surface area contributed by atoms with E-state index in [4.69, 9.17) is 22.0 Å². The van der Waals surface area contributed by atoms with E-state index >= 15 is 0 Å². The van der Waals surface area contributed by atoms with Crippen LogP contribution in [0.1, 0.15) is 20.3 Å². The topological polar surface area (TPSA) is 125 Å². The summed E-state index contributed by atoms with van der Waals surface area (Å²) in [6, 6.07) is -0.821. The van der Waals surface area contributed by atoms with Gasteiger partial charge >= 0.3 is 5.97 Å². The number of guanidine groups is 1. The quantitative estimate of drug-likeness (QED) is 0.222. The Morgan fingerprint density at radius 1 is 1.62 bits per heavy atom. The number of nitrogens with two attached hydrogens (primary N) is 2. The second-order valence-corrected chi connectivity index (χ2v) is 2.43. The van der Waals surface area contributed by atoms with Crippen LogP contribution in [-0.4, -0.2) is 29.6 Å². The highest BCUT2D eigenvalue weighted by molar-refractivity contribution is 5.74. The Labute approximate surface area is 77.8 Å². The summed E-state index contributed by atoms with van der Waals surface area (Å²) in [4.78, 5) is 10.2. The van der Waals surface area contributed by atoms with E-state index in [2.05, 4.69) is 5.32 Å². The first-order valence-corrected chi connectivity index (χ1v) is 3.60. The highest BCUT2D eigenvalue weighted by atomic mass is 16.4. The third-order valence-corrected chi connectivity index (χ3v) is 1.32. The van der Waals surface area contributed by atoms with Crippen LogP contribution in [0.15, 0.2) is 0 Å². The minimum Gasteiger partial charge on any atom is -0.480 e. The molecule has 7 N–H and O–H groups in total. The zero-order valence-corrected chi connectivity index (χ0v) is 6.71. The molecular formula is C7H18N4O2. The second-order valence-electron chi connectivity index (χ2n) is 2.43. The first-order chi connectivity index (χ1) is 5.54. The van der Waals surface area contributed by atoms with E-state index in [1.807, 2.05) is 0 Å². The average molecular weight is 190 g/mol. The van der Waals surface area contributed by atoms with Gasteiger partial charge in [-0.2, -0.15) is 0 Å². The van der Waals surface area contributed by atoms with Crippen LogP contribution < -0.4 is 16.8 Å². The third-order valence-electron chi connectivity index (χ3n) is 1.32. The number of hydrogen-bond donors (Lipinski definition) is 5. The van der Waals surface area contributed by atoms with Gasteiger partial charge < -0.3 is 21.9 Å². The summed E-state index contributed by atoms with van der Waals surface area (Å²) in [5.41, 5.74) is 10.2. The van der Waals surface area contributed by atoms with Crippen molar-refractivity contribution >= 4 is 11.9 Å². The van der Waals surface area contributed by atoms with Crippen LogP contribution in [0.3, 0.4) is 0 Å². The molecule has 0 spiro atoms. The summed E-state index contributed by atoms with van der Waals surface area (Å²) < 4.78 is 0. The van der Waals surface area contributed by atoms with Gasteiger partial charge in [0.15, 0.2) is 5.96 Å². The van der Waals surface area contributed by atoms with Crippen LogP contribution in [-0.2, 0) is 4.79 Å². The number of hydrogen-bond acceptors (Lipinski definition) is 3. The highest BCUT2D eigenvalue weighted by Gasteiger charge is 2.09. The predicted molar refractivity (Wildman–Crippen MR) is 51.5 cm³/mol. The smallest absolute Gasteiger partial charge is 0.320 e. The largest absolute Gasteiger partial charge is 0.480 e. The summed E-state index contributed by atoms with van der Waals surface area (Å²) in [5.74, 6) is -1.11. The van der Waals surface area contributed by atoms with E-state index in [9.17, 15) is 4.79 Å². The van der Waals surface area contributed by atoms with Gasteiger partial charge in [-0.1, -0.05) is 7.43 Å². The van der Waals surface area contributed by atoms with Crippen molar-refractivity contribution < 1.29 is 9.90 Å². The Hall–Kier alpha value is -1.30. The molecule has 0 aromatic rings. The molecule has 0 rings (SSSR count). The lowest BCUT2D eigenvalue weighted by Crippen LogP contribution is -2.34. The normalized spacial score (nSPS) is 11.2. The molecule has 0 aromatic carbocycles. The number of carboxylic acids is 1. The minimum absolute atomic E-state index is 0. The first kappa shape index (κ1) is 14.2. The molecule has 0 saturated carbocycles. The minimum atomic E-state index is -1.00. The molecule has 0 aliphatic heterocycles. The summed E-state index contributed by atoms with van der Waals surface area (Å²) in [5, 5.41) is 17.7. The molecule has 0 radical (unpaired) electrons. The maximum atomic E-state index is 10.2. The van der Waals surface area contributed by atoms with Crippen LogP contribution >= 0.6 is 0 Å². The number of rotatable bonds is 5. The molecule has 0 aliphatic rings. The van der Waals surface area contributed by atoms with Crippen LogP contribution in [0.2, 0.25) is 0 Å². The molecule has 0 aromatic heterocycles. The van der Waals surface area contributed by atoms with Crippen molar-refractivity contribution in [1.29, 1.82) is 5.41 Å². The molecule has 0 bridgehead atoms. The van der Waals surface area contributed by atoms with Gasteiger partial charge in [0, 0.05) is 6.54 Å². The third kappa shape index (κ3) is 8.61. The lowest BCUT2D eigenvalue weighted by molar-refractivity contribution is -0.138. The summed E-state index contributed by atoms with van der Waals surface area (Å²) >= 11 is 0. The van der Waals surface area contributed by atoms with E-state index < -0.39 is 12.0 Å². The molecule has 13 heavy (non-hydrogen) atoms. The lowest BCUT2D eigenvalue weighted by Gasteiger charge is -2.06. The Balaban J connectivity index is 0. The maximum Gasteiger partial charge on any atom is 0.320 e. The maximum absolute atomic E-state index is 10.2. The van der Waals surface area contributed by atoms with Gasteiger partial charge in [0.05, 0.1) is 0 Å². The molecule has 6 nitrogen and oxygen atoms in total. The fraction of sp³-hybridized carbons (Fsp3) is 0.714. The summed E-state index contributed by atoms with van der Waals surface area (Å²) in [6.45, 7) is 0.482. The fourth-order valence-electron chi connectivity index (χ4n) is 0.669. The Kier molecular flexibility index (Phi) is 8.05. The van der Waals surface area contributed by atoms with Crippen molar-refractivity contribution in [2.45, 2.75) is 26.3 Å². The Bertz CT molecular complexity index is 172. The van der Waals surface area contributed by atoms with Crippen molar-refractivity contribution in [3.63, 3.8) is 0 Å². The molecule has 1 atom stereocenters. The van der Waals surface area contributed by atoms with E-state index in [1.54, 1.807) is 0 Å². The van der Waals surface area contributed by atoms with Crippen LogP contribution in [0, 0.1) is 5.41 Å². The first-order valence-electron chi connectivity index (χ1n) is 3.60. The van der Waals surface area contributed by atoms with Gasteiger partial charge in [-0.15, -0.1) is 0 Å². The van der Waals surface area contributed by atoms with Crippen molar-refractivity contribution in [2.75, 3.05) is 6.54 Å². The van der Waals surface area contributed by atoms with Crippen LogP contribution in [0.25, 0.3) is 0 Å². The number of carboxylic acid groups (broad SMARTS) is 1. The van der Waals surface area contributed by atoms with Gasteiger partial charge in [0.25, 0.3) is 0 Å². The number of nitrogens with one attached hydrogen (secondary N) is 2. The standard InChI is InChI=1S/C6H14N4O2.CH4/c7-4(5(11)12)2-1-3-10-6(8)9;/h4H,1-3,7H2,(H,11,12)(H4,8,9,10);1H4/t4-;/m1./s1. The fourth-order valence-corrected chi connectivity index (χ4v) is 0.669. The molecule has 78 valence electrons. The van der Waals surface area contributed by atoms with E-state index in [1.165, 1.54) is 0 Å². The summed E-state index contributed by atoms with van der Waals surface area (Å²) in [7, 11) is 0. The van der Waals surface area contributed by atoms with Crippen molar-refractivity contribution in [1.82, 2.24) is 5.32 Å². The molecular weight excluding hydrogens is 172 g/mol. The van der Waals surface area contributed by atoms with E-state index in [-0.39, 0.29) is 13.4 Å². The molecule has 0 fully saturated rings. The zero-order chi connectivity index (χ0) is 9.56. The van der Waals surface area contributed by atoms with Gasteiger partial charge in [-0.05, 0) is 12.8 Å². The van der Waals surface area contributed by atoms with Crippen molar-refractivity contribution in [2.24, 2.45) is 11.5 Å². The summed E-state index contributed by atoms with van der Waals surface area (Å²) in [6.07, 6.45) is 0.975. The predicted octanol–water partition coefficient (Wildman–Crippen LogP) is -0.702. The molecule has 0 aliphatic carbocycles. The monoisotopic (exact) mass is 190 g/mol. The molecule has 0 heterocycles. The van der Waals surface area contributed by atoms with E-state index in [0.29, 0.717) is 19.4 Å². The highest BCUT2D eigenvalue weighted by Crippen LogP contribution is 1.92. The molecule has 6 heteroatoms. The van der Waals surface area contributed by atoms with Crippen LogP contribution in [0.5, 0.6) is 0 Å². The SMILES string of the molecule is C.N=C(N)NCCC[C@@H](N)C(=O)O. The number of aliphatic carboxylic acids is 1. The molecule has 0 saturated heterocycles. The van der Waals surface area contributed by atoms with Gasteiger partial charge in [0.2, 0.25) is 0 Å². The molecule has 0 amide bonds. The Morgan fingerprint density at radius 3 is 2.54 bits per heavy atom. The zero-order valence-electron chi connectivity index (χ0n) is 6.71. The van der Waals surface area contributed by atoms with Crippen molar-refractivity contribution in [3.05, 3.63) is 0 Å². The number of carbonyl (C=O) groups is 1. The Morgan fingerprint density at radius 2 is 2.15 bits per heavy atom. The second kappa shape index (κ2) is 7.35. The van der Waals surface area contributed by atoms with E-state index in [0.717, 1.165) is 0 Å². The lowest BCUT2D eigenvalue weighted by atomic mass is 10.2. The van der Waals surface area contributed by atoms with Gasteiger partial charge in [-0.25, -0.2) is 0 Å². The van der Waals surface area contributed by atoms with Gasteiger partial charge in [0.1, 0.15) is 6.04 Å². The van der Waals surface area contributed by atoms with Gasteiger partial charge in [-0.3, -0.25) is 10.2 Å². The molecule has 0 unspecified atom stereocenters. The van der Waals surface area contributed by atoms with Crippen molar-refractivity contribution in [3.8, 4) is 0 Å². The average Bonchev–Trinajstić information content (AvgIpc) is 1.97.